The van der Waals surface area contributed by atoms with E-state index in [1.165, 1.54) is 54.7 Å². The summed E-state index contributed by atoms with van der Waals surface area (Å²) in [6.07, 6.45) is 1.93. The number of hydrogen-bond acceptors (Lipinski definition) is 3. The van der Waals surface area contributed by atoms with Gasteiger partial charge in [-0.05, 0) is 128 Å². The smallest absolute Gasteiger partial charge is 0.227 e. The molecule has 0 atom stereocenters. The first-order valence-corrected chi connectivity index (χ1v) is 22.1. The second-order valence-electron chi connectivity index (χ2n) is 16.8. The second kappa shape index (κ2) is 15.0. The van der Waals surface area contributed by atoms with Crippen LogP contribution in [-0.2, 0) is 0 Å². The van der Waals surface area contributed by atoms with Crippen LogP contribution in [0.1, 0.15) is 0 Å². The van der Waals surface area contributed by atoms with Gasteiger partial charge in [-0.1, -0.05) is 158 Å². The molecule has 0 aliphatic carbocycles. The summed E-state index contributed by atoms with van der Waals surface area (Å²) < 4.78 is 8.63. The van der Waals surface area contributed by atoms with E-state index < -0.39 is 0 Å². The maximum absolute atomic E-state index is 6.21. The summed E-state index contributed by atoms with van der Waals surface area (Å²) in [6.45, 7) is 0. The zero-order valence-electron chi connectivity index (χ0n) is 35.3. The van der Waals surface area contributed by atoms with E-state index in [1.807, 2.05) is 18.3 Å². The SMILES string of the molecule is c1ccc(-c2cc(N(c3ccc(-c4cc(-c5ccc6ccccc6c5)cc(-n5c6ccccc6c6ccccc65)c4)cc3)c3cnc4oc5ccccc5c4c3)cc3ccccc23)cc1. The van der Waals surface area contributed by atoms with Crippen LogP contribution >= 0.6 is 0 Å². The third-order valence-corrected chi connectivity index (χ3v) is 13.0. The molecule has 0 N–H and O–H groups in total. The van der Waals surface area contributed by atoms with Crippen molar-refractivity contribution >= 4 is 82.5 Å². The standard InChI is InChI=1S/C61H39N3O/c1-2-15-42(16-3-1)56-37-50(34-45-18-6-7-19-52(45)56)63(51-38-57-55-22-10-13-25-60(55)65-61(57)62-39-51)48-30-28-41(29-31-48)46-33-47(44-27-26-40-14-4-5-17-43(40)32-44)36-49(35-46)64-58-23-11-8-20-53(58)54-21-9-12-24-59(54)64/h1-39H. The molecule has 0 unspecified atom stereocenters. The van der Waals surface area contributed by atoms with Crippen molar-refractivity contribution < 1.29 is 4.42 Å². The number of fused-ring (bicyclic) bond motifs is 8. The molecule has 65 heavy (non-hydrogen) atoms. The van der Waals surface area contributed by atoms with Crippen molar-refractivity contribution in [1.82, 2.24) is 9.55 Å². The van der Waals surface area contributed by atoms with Gasteiger partial charge in [-0.25, -0.2) is 4.98 Å². The molecule has 0 fully saturated rings. The molecular weight excluding hydrogens is 791 g/mol. The molecule has 0 amide bonds. The van der Waals surface area contributed by atoms with Gasteiger partial charge in [-0.15, -0.1) is 0 Å². The van der Waals surface area contributed by atoms with E-state index >= 15 is 0 Å². The molecule has 10 aromatic carbocycles. The Balaban J connectivity index is 1.00. The number of nitrogens with zero attached hydrogens (tertiary/aromatic N) is 3. The molecule has 0 radical (unpaired) electrons. The quantitative estimate of drug-likeness (QED) is 0.160. The molecule has 0 saturated carbocycles. The molecule has 0 saturated heterocycles. The Kier molecular flexibility index (Phi) is 8.50. The van der Waals surface area contributed by atoms with Gasteiger partial charge in [0.25, 0.3) is 0 Å². The zero-order chi connectivity index (χ0) is 42.8. The van der Waals surface area contributed by atoms with Crippen LogP contribution in [0.3, 0.4) is 0 Å². The highest BCUT2D eigenvalue weighted by Gasteiger charge is 2.20. The van der Waals surface area contributed by atoms with Gasteiger partial charge in [0.15, 0.2) is 0 Å². The largest absolute Gasteiger partial charge is 0.438 e. The van der Waals surface area contributed by atoms with Gasteiger partial charge in [-0.3, -0.25) is 0 Å². The van der Waals surface area contributed by atoms with E-state index in [2.05, 4.69) is 228 Å². The van der Waals surface area contributed by atoms with Gasteiger partial charge in [0, 0.05) is 33.2 Å². The molecule has 13 aromatic rings. The van der Waals surface area contributed by atoms with Crippen molar-refractivity contribution in [2.75, 3.05) is 4.90 Å². The van der Waals surface area contributed by atoms with E-state index in [0.717, 1.165) is 61.2 Å². The average Bonchev–Trinajstić information content (AvgIpc) is 3.92. The third kappa shape index (κ3) is 6.26. The number of hydrogen-bond donors (Lipinski definition) is 0. The number of rotatable bonds is 7. The van der Waals surface area contributed by atoms with Crippen molar-refractivity contribution in [2.45, 2.75) is 0 Å². The van der Waals surface area contributed by atoms with Crippen LogP contribution < -0.4 is 4.90 Å². The molecule has 0 bridgehead atoms. The Bertz CT molecular complexity index is 3900. The van der Waals surface area contributed by atoms with Gasteiger partial charge in [0.2, 0.25) is 5.71 Å². The van der Waals surface area contributed by atoms with Crippen LogP contribution in [0.25, 0.3) is 104 Å². The fourth-order valence-electron chi connectivity index (χ4n) is 9.89. The van der Waals surface area contributed by atoms with Crippen LogP contribution in [0, 0.1) is 0 Å². The summed E-state index contributed by atoms with van der Waals surface area (Å²) in [5, 5.41) is 9.32. The fraction of sp³-hybridized carbons (Fsp3) is 0. The second-order valence-corrected chi connectivity index (χ2v) is 16.8. The minimum absolute atomic E-state index is 0.624. The summed E-state index contributed by atoms with van der Waals surface area (Å²) in [5.41, 5.74) is 14.9. The van der Waals surface area contributed by atoms with E-state index in [4.69, 9.17) is 9.40 Å². The van der Waals surface area contributed by atoms with Gasteiger partial charge in [0.1, 0.15) is 5.58 Å². The molecule has 0 aliphatic heterocycles. The monoisotopic (exact) mass is 829 g/mol. The van der Waals surface area contributed by atoms with E-state index in [1.54, 1.807) is 0 Å². The number of anilines is 3. The van der Waals surface area contributed by atoms with Gasteiger partial charge < -0.3 is 13.9 Å². The van der Waals surface area contributed by atoms with Gasteiger partial charge >= 0.3 is 0 Å². The predicted molar refractivity (Wildman–Crippen MR) is 272 cm³/mol. The van der Waals surface area contributed by atoms with Crippen LogP contribution in [0.5, 0.6) is 0 Å². The highest BCUT2D eigenvalue weighted by molar-refractivity contribution is 6.10. The minimum Gasteiger partial charge on any atom is -0.438 e. The maximum atomic E-state index is 6.21. The lowest BCUT2D eigenvalue weighted by Crippen LogP contribution is -2.10. The molecule has 3 heterocycles. The first-order chi connectivity index (χ1) is 32.2. The Morgan fingerprint density at radius 3 is 1.74 bits per heavy atom. The van der Waals surface area contributed by atoms with Crippen LogP contribution in [0.4, 0.5) is 17.1 Å². The molecule has 3 aromatic heterocycles. The number of furan rings is 1. The first-order valence-electron chi connectivity index (χ1n) is 22.1. The lowest BCUT2D eigenvalue weighted by molar-refractivity contribution is 0.654. The van der Waals surface area contributed by atoms with Gasteiger partial charge in [0.05, 0.1) is 28.3 Å². The fourth-order valence-corrected chi connectivity index (χ4v) is 9.89. The highest BCUT2D eigenvalue weighted by Crippen LogP contribution is 2.43. The Labute approximate surface area is 375 Å². The number of aromatic nitrogens is 2. The molecule has 4 heteroatoms. The molecule has 0 spiro atoms. The zero-order valence-corrected chi connectivity index (χ0v) is 35.3. The average molecular weight is 830 g/mol. The summed E-state index contributed by atoms with van der Waals surface area (Å²) >= 11 is 0. The van der Waals surface area contributed by atoms with E-state index in [-0.39, 0.29) is 0 Å². The van der Waals surface area contributed by atoms with Crippen molar-refractivity contribution in [3.8, 4) is 39.1 Å². The van der Waals surface area contributed by atoms with Crippen LogP contribution in [0.2, 0.25) is 0 Å². The predicted octanol–water partition coefficient (Wildman–Crippen LogP) is 16.9. The summed E-state index contributed by atoms with van der Waals surface area (Å²) in [6, 6.07) is 83.2. The molecule has 0 aliphatic rings. The Hall–Kier alpha value is -8.73. The summed E-state index contributed by atoms with van der Waals surface area (Å²) in [5.74, 6) is 0. The Morgan fingerprint density at radius 2 is 0.969 bits per heavy atom. The summed E-state index contributed by atoms with van der Waals surface area (Å²) in [4.78, 5) is 7.25. The minimum atomic E-state index is 0.624. The topological polar surface area (TPSA) is 34.2 Å². The van der Waals surface area contributed by atoms with Crippen molar-refractivity contribution in [3.05, 3.63) is 237 Å². The lowest BCUT2D eigenvalue weighted by atomic mass is 9.95. The van der Waals surface area contributed by atoms with Crippen molar-refractivity contribution in [1.29, 1.82) is 0 Å². The molecule has 13 rings (SSSR count). The lowest BCUT2D eigenvalue weighted by Gasteiger charge is -2.27. The number of benzene rings is 10. The van der Waals surface area contributed by atoms with E-state index in [0.29, 0.717) is 5.71 Å². The van der Waals surface area contributed by atoms with Crippen LogP contribution in [0.15, 0.2) is 241 Å². The molecule has 304 valence electrons. The van der Waals surface area contributed by atoms with Crippen LogP contribution in [-0.4, -0.2) is 9.55 Å². The van der Waals surface area contributed by atoms with E-state index in [9.17, 15) is 0 Å². The van der Waals surface area contributed by atoms with Crippen molar-refractivity contribution in [2.24, 2.45) is 0 Å². The normalized spacial score (nSPS) is 11.7. The third-order valence-electron chi connectivity index (χ3n) is 13.0. The highest BCUT2D eigenvalue weighted by atomic mass is 16.3. The Morgan fingerprint density at radius 1 is 0.354 bits per heavy atom. The maximum Gasteiger partial charge on any atom is 0.227 e. The number of pyridine rings is 1. The first kappa shape index (κ1) is 36.9. The van der Waals surface area contributed by atoms with Gasteiger partial charge in [-0.2, -0.15) is 0 Å². The van der Waals surface area contributed by atoms with Crippen molar-refractivity contribution in [3.63, 3.8) is 0 Å². The summed E-state index contributed by atoms with van der Waals surface area (Å²) in [7, 11) is 0. The number of para-hydroxylation sites is 3. The molecular formula is C61H39N3O. The molecule has 4 nitrogen and oxygen atoms in total.